The highest BCUT2D eigenvalue weighted by Crippen LogP contribution is 2.28. The molecule has 1 aromatic carbocycles. The molecule has 1 amide bonds. The van der Waals surface area contributed by atoms with Gasteiger partial charge in [0.05, 0.1) is 23.2 Å². The Morgan fingerprint density at radius 3 is 2.69 bits per heavy atom. The van der Waals surface area contributed by atoms with Gasteiger partial charge in [0.15, 0.2) is 0 Å². The zero-order valence-corrected chi connectivity index (χ0v) is 15.6. The van der Waals surface area contributed by atoms with Crippen LogP contribution in [0.3, 0.4) is 0 Å². The number of aliphatic hydroxyl groups excluding tert-OH is 1. The van der Waals surface area contributed by atoms with E-state index >= 15 is 0 Å². The summed E-state index contributed by atoms with van der Waals surface area (Å²) < 4.78 is 1.53. The molecule has 0 aliphatic rings. The number of carbonyl (C=O) groups excluding carboxylic acids is 1. The van der Waals surface area contributed by atoms with Gasteiger partial charge in [-0.15, -0.1) is 11.3 Å². The molecule has 2 heterocycles. The van der Waals surface area contributed by atoms with E-state index in [1.165, 1.54) is 22.2 Å². The monoisotopic (exact) mass is 371 g/mol. The van der Waals surface area contributed by atoms with Gasteiger partial charge in [-0.2, -0.15) is 0 Å². The molecule has 2 aromatic heterocycles. The Labute approximate surface area is 155 Å². The third-order valence-electron chi connectivity index (χ3n) is 4.33. The first-order valence-electron chi connectivity index (χ1n) is 8.49. The molecule has 0 saturated heterocycles. The topological polar surface area (TPSA) is 75.4 Å². The number of fused-ring (bicyclic) bond motifs is 1. The van der Waals surface area contributed by atoms with Crippen molar-refractivity contribution in [3.8, 4) is 0 Å². The number of rotatable bonds is 6. The standard InChI is InChI=1S/C19H21N3O3S/c1-3-21-12-20-17-15(18(21)24)13(2)16(26-17)19(25)22(9-10-23)11-14-7-5-4-6-8-14/h4-8,12,23H,3,9-11H2,1-2H3. The number of nitrogens with zero attached hydrogens (tertiary/aromatic N) is 3. The molecule has 0 unspecified atom stereocenters. The molecule has 3 aromatic rings. The molecule has 6 nitrogen and oxygen atoms in total. The van der Waals surface area contributed by atoms with Crippen molar-refractivity contribution in [1.29, 1.82) is 0 Å². The quantitative estimate of drug-likeness (QED) is 0.722. The summed E-state index contributed by atoms with van der Waals surface area (Å²) in [7, 11) is 0. The summed E-state index contributed by atoms with van der Waals surface area (Å²) in [5.41, 5.74) is 1.52. The smallest absolute Gasteiger partial charge is 0.264 e. The van der Waals surface area contributed by atoms with E-state index in [9.17, 15) is 14.7 Å². The van der Waals surface area contributed by atoms with Crippen molar-refractivity contribution in [3.63, 3.8) is 0 Å². The zero-order valence-electron chi connectivity index (χ0n) is 14.8. The zero-order chi connectivity index (χ0) is 18.7. The number of amides is 1. The average Bonchev–Trinajstić information content (AvgIpc) is 2.99. The van der Waals surface area contributed by atoms with Crippen molar-refractivity contribution in [2.24, 2.45) is 0 Å². The fourth-order valence-electron chi connectivity index (χ4n) is 2.91. The molecule has 0 fully saturated rings. The molecule has 0 saturated carbocycles. The predicted octanol–water partition coefficient (Wildman–Crippen LogP) is 2.42. The van der Waals surface area contributed by atoms with Gasteiger partial charge in [-0.25, -0.2) is 4.98 Å². The van der Waals surface area contributed by atoms with Crippen molar-refractivity contribution in [1.82, 2.24) is 14.5 Å². The van der Waals surface area contributed by atoms with Crippen molar-refractivity contribution >= 4 is 27.5 Å². The minimum Gasteiger partial charge on any atom is -0.395 e. The number of aromatic nitrogens is 2. The fraction of sp³-hybridized carbons (Fsp3) is 0.316. The number of aryl methyl sites for hydroxylation is 2. The number of carbonyl (C=O) groups is 1. The van der Waals surface area contributed by atoms with E-state index < -0.39 is 0 Å². The molecule has 3 rings (SSSR count). The van der Waals surface area contributed by atoms with Gasteiger partial charge in [0.2, 0.25) is 0 Å². The maximum absolute atomic E-state index is 13.1. The highest BCUT2D eigenvalue weighted by molar-refractivity contribution is 7.20. The first-order chi connectivity index (χ1) is 12.6. The van der Waals surface area contributed by atoms with Crippen molar-refractivity contribution in [2.75, 3.05) is 13.2 Å². The van der Waals surface area contributed by atoms with E-state index in [4.69, 9.17) is 0 Å². The van der Waals surface area contributed by atoms with E-state index in [-0.39, 0.29) is 24.6 Å². The maximum atomic E-state index is 13.1. The van der Waals surface area contributed by atoms with Gasteiger partial charge in [0.25, 0.3) is 11.5 Å². The molecule has 26 heavy (non-hydrogen) atoms. The lowest BCUT2D eigenvalue weighted by Gasteiger charge is -2.21. The molecule has 7 heteroatoms. The van der Waals surface area contributed by atoms with E-state index in [2.05, 4.69) is 4.98 Å². The lowest BCUT2D eigenvalue weighted by molar-refractivity contribution is 0.0712. The molecule has 136 valence electrons. The summed E-state index contributed by atoms with van der Waals surface area (Å²) in [6.07, 6.45) is 1.52. The van der Waals surface area contributed by atoms with Crippen LogP contribution < -0.4 is 5.56 Å². The minimum absolute atomic E-state index is 0.122. The Hall–Kier alpha value is -2.51. The Morgan fingerprint density at radius 2 is 2.04 bits per heavy atom. The molecular weight excluding hydrogens is 350 g/mol. The van der Waals surface area contributed by atoms with Gasteiger partial charge in [0, 0.05) is 19.6 Å². The summed E-state index contributed by atoms with van der Waals surface area (Å²) in [6.45, 7) is 4.71. The normalized spacial score (nSPS) is 11.0. The highest BCUT2D eigenvalue weighted by atomic mass is 32.1. The number of thiophene rings is 1. The highest BCUT2D eigenvalue weighted by Gasteiger charge is 2.23. The van der Waals surface area contributed by atoms with Crippen LogP contribution in [0.2, 0.25) is 0 Å². The second-order valence-electron chi connectivity index (χ2n) is 6.01. The van der Waals surface area contributed by atoms with Gasteiger partial charge < -0.3 is 10.0 Å². The minimum atomic E-state index is -0.189. The average molecular weight is 371 g/mol. The lowest BCUT2D eigenvalue weighted by Crippen LogP contribution is -2.33. The second kappa shape index (κ2) is 7.80. The molecule has 0 radical (unpaired) electrons. The Balaban J connectivity index is 2.00. The number of hydrogen-bond donors (Lipinski definition) is 1. The van der Waals surface area contributed by atoms with Crippen LogP contribution in [0.15, 0.2) is 41.5 Å². The van der Waals surface area contributed by atoms with Gasteiger partial charge >= 0.3 is 0 Å². The van der Waals surface area contributed by atoms with Crippen LogP contribution in [0.25, 0.3) is 10.2 Å². The van der Waals surface area contributed by atoms with Gasteiger partial charge in [-0.1, -0.05) is 30.3 Å². The second-order valence-corrected chi connectivity index (χ2v) is 7.01. The number of benzene rings is 1. The van der Waals surface area contributed by atoms with Crippen LogP contribution in [-0.4, -0.2) is 38.6 Å². The summed E-state index contributed by atoms with van der Waals surface area (Å²) in [6, 6.07) is 9.63. The largest absolute Gasteiger partial charge is 0.395 e. The third-order valence-corrected chi connectivity index (χ3v) is 5.51. The van der Waals surface area contributed by atoms with E-state index in [0.29, 0.717) is 33.7 Å². The van der Waals surface area contributed by atoms with E-state index in [0.717, 1.165) is 5.56 Å². The molecule has 0 bridgehead atoms. The molecule has 0 atom stereocenters. The maximum Gasteiger partial charge on any atom is 0.264 e. The number of hydrogen-bond acceptors (Lipinski definition) is 5. The molecule has 0 aliphatic carbocycles. The van der Waals surface area contributed by atoms with Crippen molar-refractivity contribution in [3.05, 3.63) is 63.0 Å². The third kappa shape index (κ3) is 3.40. The van der Waals surface area contributed by atoms with Crippen LogP contribution in [0.5, 0.6) is 0 Å². The Morgan fingerprint density at radius 1 is 1.31 bits per heavy atom. The van der Waals surface area contributed by atoms with Crippen LogP contribution in [0.1, 0.15) is 27.7 Å². The van der Waals surface area contributed by atoms with E-state index in [1.807, 2.05) is 37.3 Å². The van der Waals surface area contributed by atoms with E-state index in [1.54, 1.807) is 11.8 Å². The summed E-state index contributed by atoms with van der Waals surface area (Å²) in [5, 5.41) is 9.88. The molecule has 0 spiro atoms. The molecule has 1 N–H and O–H groups in total. The molecular formula is C19H21N3O3S. The summed E-state index contributed by atoms with van der Waals surface area (Å²) >= 11 is 1.23. The SMILES string of the molecule is CCn1cnc2sc(C(=O)N(CCO)Cc3ccccc3)c(C)c2c1=O. The lowest BCUT2D eigenvalue weighted by atomic mass is 10.1. The van der Waals surface area contributed by atoms with Crippen LogP contribution in [0.4, 0.5) is 0 Å². The van der Waals surface area contributed by atoms with Gasteiger partial charge in [-0.3, -0.25) is 14.2 Å². The van der Waals surface area contributed by atoms with Crippen LogP contribution in [0, 0.1) is 6.92 Å². The Kier molecular flexibility index (Phi) is 5.49. The van der Waals surface area contributed by atoms with Gasteiger partial charge in [-0.05, 0) is 25.0 Å². The van der Waals surface area contributed by atoms with Crippen molar-refractivity contribution in [2.45, 2.75) is 26.9 Å². The van der Waals surface area contributed by atoms with Gasteiger partial charge in [0.1, 0.15) is 4.83 Å². The first kappa shape index (κ1) is 18.3. The van der Waals surface area contributed by atoms with Crippen molar-refractivity contribution < 1.29 is 9.90 Å². The first-order valence-corrected chi connectivity index (χ1v) is 9.31. The fourth-order valence-corrected chi connectivity index (χ4v) is 4.02. The Bertz CT molecular complexity index is 979. The predicted molar refractivity (Wildman–Crippen MR) is 103 cm³/mol. The summed E-state index contributed by atoms with van der Waals surface area (Å²) in [5.74, 6) is -0.189. The summed E-state index contributed by atoms with van der Waals surface area (Å²) in [4.78, 5) is 32.7. The number of aliphatic hydroxyl groups is 1. The molecule has 0 aliphatic heterocycles. The van der Waals surface area contributed by atoms with Crippen LogP contribution in [-0.2, 0) is 13.1 Å². The van der Waals surface area contributed by atoms with Crippen LogP contribution >= 0.6 is 11.3 Å².